The van der Waals surface area contributed by atoms with Crippen molar-refractivity contribution in [1.82, 2.24) is 10.6 Å². The number of carbonyl (C=O) groups is 2. The number of nitriles is 1. The number of ether oxygens (including phenoxy) is 2. The molecule has 1 aliphatic heterocycles. The topological polar surface area (TPSA) is 100 Å². The predicted octanol–water partition coefficient (Wildman–Crippen LogP) is 1.66. The Kier molecular flexibility index (Phi) is 4.84. The van der Waals surface area contributed by atoms with Crippen molar-refractivity contribution < 1.29 is 32.2 Å². The van der Waals surface area contributed by atoms with Crippen LogP contribution in [0.25, 0.3) is 0 Å². The second-order valence-electron chi connectivity index (χ2n) is 5.34. The smallest absolute Gasteiger partial charge is 0.425 e. The summed E-state index contributed by atoms with van der Waals surface area (Å²) in [5.41, 5.74) is -4.86. The maximum Gasteiger partial charge on any atom is 0.425 e. The van der Waals surface area contributed by atoms with Crippen molar-refractivity contribution >= 4 is 11.8 Å². The number of hydrogen-bond acceptors (Lipinski definition) is 5. The summed E-state index contributed by atoms with van der Waals surface area (Å²) in [6.45, 7) is 1.15. The van der Waals surface area contributed by atoms with E-state index >= 15 is 0 Å². The fourth-order valence-electron chi connectivity index (χ4n) is 2.57. The van der Waals surface area contributed by atoms with Crippen LogP contribution in [0.4, 0.5) is 13.2 Å². The number of halogens is 3. The van der Waals surface area contributed by atoms with E-state index in [4.69, 9.17) is 14.7 Å². The Morgan fingerprint density at radius 2 is 1.88 bits per heavy atom. The van der Waals surface area contributed by atoms with Gasteiger partial charge in [0.05, 0.1) is 25.9 Å². The van der Waals surface area contributed by atoms with Crippen LogP contribution >= 0.6 is 0 Å². The quantitative estimate of drug-likeness (QED) is 0.841. The van der Waals surface area contributed by atoms with E-state index in [1.165, 1.54) is 32.4 Å². The zero-order chi connectivity index (χ0) is 19.7. The van der Waals surface area contributed by atoms with Gasteiger partial charge >= 0.3 is 6.18 Å². The molecule has 0 bridgehead atoms. The van der Waals surface area contributed by atoms with Crippen LogP contribution in [0.2, 0.25) is 0 Å². The molecular weight excluding hydrogens is 355 g/mol. The van der Waals surface area contributed by atoms with Gasteiger partial charge in [-0.3, -0.25) is 9.59 Å². The molecule has 0 fully saturated rings. The number of nitrogens with zero attached hydrogens (tertiary/aromatic N) is 1. The van der Waals surface area contributed by atoms with Crippen LogP contribution in [0.15, 0.2) is 29.5 Å². The molecule has 7 nitrogen and oxygen atoms in total. The molecule has 0 radical (unpaired) electrons. The van der Waals surface area contributed by atoms with Crippen LogP contribution in [-0.4, -0.2) is 37.7 Å². The summed E-state index contributed by atoms with van der Waals surface area (Å²) >= 11 is 0. The van der Waals surface area contributed by atoms with Crippen LogP contribution < -0.4 is 20.1 Å². The lowest BCUT2D eigenvalue weighted by molar-refractivity contribution is -0.184. The Balaban J connectivity index is 2.51. The van der Waals surface area contributed by atoms with Gasteiger partial charge < -0.3 is 20.1 Å². The third kappa shape index (κ3) is 2.81. The number of carbonyl (C=O) groups excluding carboxylic acids is 2. The lowest BCUT2D eigenvalue weighted by atomic mass is 9.89. The van der Waals surface area contributed by atoms with Crippen LogP contribution in [-0.2, 0) is 4.79 Å². The van der Waals surface area contributed by atoms with Gasteiger partial charge in [-0.1, -0.05) is 0 Å². The van der Waals surface area contributed by atoms with Gasteiger partial charge in [0.15, 0.2) is 11.5 Å². The Bertz CT molecular complexity index is 842. The second kappa shape index (κ2) is 6.59. The normalized spacial score (nSPS) is 19.7. The number of methoxy groups -OCH3 is 2. The second-order valence-corrected chi connectivity index (χ2v) is 5.34. The highest BCUT2D eigenvalue weighted by molar-refractivity contribution is 6.04. The molecule has 1 aliphatic rings. The average Bonchev–Trinajstić information content (AvgIpc) is 2.83. The summed E-state index contributed by atoms with van der Waals surface area (Å²) in [7, 11) is 2.65. The first kappa shape index (κ1) is 19.1. The number of allylic oxidation sites excluding steroid dienone is 1. The predicted molar refractivity (Wildman–Crippen MR) is 82.3 cm³/mol. The van der Waals surface area contributed by atoms with E-state index in [1.54, 1.807) is 5.32 Å². The molecule has 0 unspecified atom stereocenters. The van der Waals surface area contributed by atoms with Crippen LogP contribution in [0, 0.1) is 11.3 Å². The molecule has 2 rings (SSSR count). The number of alkyl halides is 3. The molecule has 138 valence electrons. The van der Waals surface area contributed by atoms with E-state index in [0.29, 0.717) is 0 Å². The highest BCUT2D eigenvalue weighted by Crippen LogP contribution is 2.41. The molecule has 0 spiro atoms. The van der Waals surface area contributed by atoms with Gasteiger partial charge in [0.2, 0.25) is 0 Å². The summed E-state index contributed by atoms with van der Waals surface area (Å²) < 4.78 is 51.1. The highest BCUT2D eigenvalue weighted by Gasteiger charge is 2.67. The van der Waals surface area contributed by atoms with Gasteiger partial charge in [-0.05, 0) is 25.1 Å². The molecule has 10 heteroatoms. The summed E-state index contributed by atoms with van der Waals surface area (Å²) in [5, 5.41) is 12.7. The van der Waals surface area contributed by atoms with Gasteiger partial charge in [0.1, 0.15) is 0 Å². The van der Waals surface area contributed by atoms with Gasteiger partial charge in [0.25, 0.3) is 17.4 Å². The first-order valence-electron chi connectivity index (χ1n) is 7.16. The molecule has 26 heavy (non-hydrogen) atoms. The van der Waals surface area contributed by atoms with Crippen LogP contribution in [0.5, 0.6) is 11.5 Å². The first-order chi connectivity index (χ1) is 12.1. The van der Waals surface area contributed by atoms with Gasteiger partial charge in [0, 0.05) is 11.3 Å². The zero-order valence-corrected chi connectivity index (χ0v) is 13.9. The lowest BCUT2D eigenvalue weighted by Gasteiger charge is -2.30. The number of rotatable bonds is 4. The molecule has 0 aromatic heterocycles. The zero-order valence-electron chi connectivity index (χ0n) is 13.9. The molecule has 0 saturated carbocycles. The largest absolute Gasteiger partial charge is 0.493 e. The fourth-order valence-corrected chi connectivity index (χ4v) is 2.57. The maximum absolute atomic E-state index is 13.7. The van der Waals surface area contributed by atoms with Crippen molar-refractivity contribution in [3.8, 4) is 17.6 Å². The fraction of sp³-hybridized carbons (Fsp3) is 0.312. The molecule has 2 amide bonds. The van der Waals surface area contributed by atoms with Gasteiger partial charge in [-0.2, -0.15) is 18.4 Å². The minimum Gasteiger partial charge on any atom is -0.493 e. The molecule has 1 aromatic rings. The monoisotopic (exact) mass is 369 g/mol. The van der Waals surface area contributed by atoms with Crippen molar-refractivity contribution in [2.75, 3.05) is 14.2 Å². The van der Waals surface area contributed by atoms with Gasteiger partial charge in [-0.15, -0.1) is 0 Å². The van der Waals surface area contributed by atoms with Gasteiger partial charge in [-0.25, -0.2) is 0 Å². The summed E-state index contributed by atoms with van der Waals surface area (Å²) in [4.78, 5) is 24.4. The van der Waals surface area contributed by atoms with Crippen LogP contribution in [0.3, 0.4) is 0 Å². The molecule has 0 saturated heterocycles. The Labute approximate surface area is 146 Å². The number of nitrogens with one attached hydrogen (secondary N) is 2. The van der Waals surface area contributed by atoms with E-state index in [0.717, 1.165) is 13.0 Å². The minimum absolute atomic E-state index is 0.115. The molecular formula is C16H14F3N3O4. The summed E-state index contributed by atoms with van der Waals surface area (Å²) in [6.07, 6.45) is -5.23. The third-order valence-corrected chi connectivity index (χ3v) is 3.88. The average molecular weight is 369 g/mol. The maximum atomic E-state index is 13.7. The third-order valence-electron chi connectivity index (χ3n) is 3.88. The molecule has 2 N–H and O–H groups in total. The molecule has 0 aliphatic carbocycles. The van der Waals surface area contributed by atoms with E-state index in [1.807, 2.05) is 5.32 Å². The van der Waals surface area contributed by atoms with E-state index < -0.39 is 29.1 Å². The Hall–Kier alpha value is -3.22. The van der Waals surface area contributed by atoms with Crippen molar-refractivity contribution in [3.63, 3.8) is 0 Å². The highest BCUT2D eigenvalue weighted by atomic mass is 19.4. The number of hydrogen-bond donors (Lipinski definition) is 2. The molecule has 1 aromatic carbocycles. The van der Waals surface area contributed by atoms with Crippen molar-refractivity contribution in [1.29, 1.82) is 5.26 Å². The Morgan fingerprint density at radius 3 is 2.38 bits per heavy atom. The van der Waals surface area contributed by atoms with Crippen LogP contribution in [0.1, 0.15) is 17.3 Å². The SMILES string of the molecule is COc1ccc(C(=O)N[C@@]2(C(F)(F)F)C(=O)NC(C)=C2C#N)cc1OC. The summed E-state index contributed by atoms with van der Waals surface area (Å²) in [5.74, 6) is -2.38. The Morgan fingerprint density at radius 1 is 1.27 bits per heavy atom. The standard InChI is InChI=1S/C16H14F3N3O4/c1-8-10(7-20)15(14(24)21-8,16(17,18)19)22-13(23)9-4-5-11(25-2)12(6-9)26-3/h4-6H,1-3H3,(H,21,24)(H,22,23)/t15-/m1/s1. The van der Waals surface area contributed by atoms with E-state index in [2.05, 4.69) is 0 Å². The van der Waals surface area contributed by atoms with Crippen molar-refractivity contribution in [3.05, 3.63) is 35.0 Å². The lowest BCUT2D eigenvalue weighted by Crippen LogP contribution is -2.64. The first-order valence-corrected chi connectivity index (χ1v) is 7.16. The van der Waals surface area contributed by atoms with E-state index in [-0.39, 0.29) is 22.8 Å². The summed E-state index contributed by atoms with van der Waals surface area (Å²) in [6, 6.07) is 5.05. The van der Waals surface area contributed by atoms with E-state index in [9.17, 15) is 22.8 Å². The van der Waals surface area contributed by atoms with Crippen molar-refractivity contribution in [2.45, 2.75) is 18.6 Å². The van der Waals surface area contributed by atoms with Crippen molar-refractivity contribution in [2.24, 2.45) is 0 Å². The number of benzene rings is 1. The molecule has 1 heterocycles. The minimum atomic E-state index is -5.23. The number of amides is 2. The molecule has 1 atom stereocenters.